The number of ether oxygens (including phenoxy) is 12. The molecule has 0 aliphatic rings. The second-order valence-electron chi connectivity index (χ2n) is 11.0. The zero-order valence-electron chi connectivity index (χ0n) is 29.6. The first-order valence-electron chi connectivity index (χ1n) is 17.1. The normalized spacial score (nSPS) is 12.0. The fraction of sp³-hybridized carbons (Fsp3) is 1.00. The quantitative estimate of drug-likeness (QED) is 0.0692. The molecule has 0 atom stereocenters. The Kier molecular flexibility index (Phi) is 38.9. The smallest absolute Gasteiger partial charge is 0.183 e. The van der Waals surface area contributed by atoms with Crippen molar-refractivity contribution >= 4 is 8.32 Å². The van der Waals surface area contributed by atoms with E-state index in [4.69, 9.17) is 61.3 Å². The average molecular weight is 689 g/mol. The van der Waals surface area contributed by atoms with Gasteiger partial charge in [-0.2, -0.15) is 0 Å². The molecule has 0 saturated carbocycles. The molecule has 0 radical (unpaired) electrons. The van der Waals surface area contributed by atoms with E-state index in [1.54, 1.807) is 0 Å². The molecule has 0 saturated heterocycles. The van der Waals surface area contributed by atoms with Crippen LogP contribution in [-0.4, -0.2) is 173 Å². The summed E-state index contributed by atoms with van der Waals surface area (Å²) in [6, 6.07) is 0. The Morgan fingerprint density at radius 3 is 0.652 bits per heavy atom. The first-order chi connectivity index (χ1) is 22.6. The minimum atomic E-state index is -1.45. The van der Waals surface area contributed by atoms with E-state index in [2.05, 4.69) is 26.6 Å². The lowest BCUT2D eigenvalue weighted by Crippen LogP contribution is -2.27. The summed E-state index contributed by atoms with van der Waals surface area (Å²) in [6.45, 7) is 22.6. The van der Waals surface area contributed by atoms with Gasteiger partial charge in [0.2, 0.25) is 0 Å². The molecule has 0 bridgehead atoms. The van der Waals surface area contributed by atoms with Crippen LogP contribution in [0.1, 0.15) is 26.2 Å². The molecule has 13 nitrogen and oxygen atoms in total. The maximum atomic E-state index is 5.72. The minimum Gasteiger partial charge on any atom is -0.415 e. The van der Waals surface area contributed by atoms with Crippen LogP contribution < -0.4 is 0 Å². The molecule has 0 spiro atoms. The second kappa shape index (κ2) is 39.1. The molecule has 0 fully saturated rings. The van der Waals surface area contributed by atoms with Gasteiger partial charge in [-0.05, 0) is 26.1 Å². The molecule has 0 aliphatic heterocycles. The summed E-state index contributed by atoms with van der Waals surface area (Å²) >= 11 is 0. The van der Waals surface area contributed by atoms with Crippen molar-refractivity contribution in [2.24, 2.45) is 0 Å². The molecular weight excluding hydrogens is 620 g/mol. The van der Waals surface area contributed by atoms with Crippen LogP contribution in [0.25, 0.3) is 0 Å². The maximum absolute atomic E-state index is 5.72. The van der Waals surface area contributed by atoms with E-state index in [0.29, 0.717) is 159 Å². The average Bonchev–Trinajstić information content (AvgIpc) is 3.03. The van der Waals surface area contributed by atoms with Gasteiger partial charge >= 0.3 is 0 Å². The summed E-state index contributed by atoms with van der Waals surface area (Å²) in [5.74, 6) is 0. The molecule has 278 valence electrons. The largest absolute Gasteiger partial charge is 0.415 e. The van der Waals surface area contributed by atoms with Crippen LogP contribution in [0.3, 0.4) is 0 Å². The predicted molar refractivity (Wildman–Crippen MR) is 179 cm³/mol. The Hall–Kier alpha value is -0.303. The minimum absolute atomic E-state index is 0.516. The van der Waals surface area contributed by atoms with Gasteiger partial charge in [-0.15, -0.1) is 0 Å². The van der Waals surface area contributed by atoms with Gasteiger partial charge in [0.15, 0.2) is 8.32 Å². The van der Waals surface area contributed by atoms with E-state index >= 15 is 0 Å². The molecule has 0 N–H and O–H groups in total. The van der Waals surface area contributed by atoms with Gasteiger partial charge in [-0.3, -0.25) is 0 Å². The predicted octanol–water partition coefficient (Wildman–Crippen LogP) is 3.23. The molecule has 0 amide bonds. The van der Waals surface area contributed by atoms with Gasteiger partial charge in [-0.1, -0.05) is 19.8 Å². The second-order valence-corrected chi connectivity index (χ2v) is 15.5. The topological polar surface area (TPSA) is 120 Å². The number of hydrogen-bond acceptors (Lipinski definition) is 13. The Morgan fingerprint density at radius 1 is 0.261 bits per heavy atom. The van der Waals surface area contributed by atoms with Crippen LogP contribution in [0, 0.1) is 0 Å². The molecule has 0 rings (SSSR count). The number of hydrogen-bond donors (Lipinski definition) is 0. The van der Waals surface area contributed by atoms with Crippen molar-refractivity contribution in [3.8, 4) is 0 Å². The van der Waals surface area contributed by atoms with Crippen molar-refractivity contribution in [3.63, 3.8) is 0 Å². The summed E-state index contributed by atoms with van der Waals surface area (Å²) in [6.07, 6.45) is 3.55. The highest BCUT2D eigenvalue weighted by Gasteiger charge is 2.13. The highest BCUT2D eigenvalue weighted by atomic mass is 28.4. The summed E-state index contributed by atoms with van der Waals surface area (Å²) in [5, 5.41) is 0. The monoisotopic (exact) mass is 688 g/mol. The van der Waals surface area contributed by atoms with Crippen molar-refractivity contribution in [1.82, 2.24) is 0 Å². The Balaban J connectivity index is 3.05. The lowest BCUT2D eigenvalue weighted by atomic mass is 10.3. The van der Waals surface area contributed by atoms with Crippen LogP contribution in [0.15, 0.2) is 0 Å². The zero-order chi connectivity index (χ0) is 33.5. The summed E-state index contributed by atoms with van der Waals surface area (Å²) < 4.78 is 71.5. The molecule has 0 aromatic rings. The SMILES string of the molecule is CCCCCOCCOCCOCCOCCOCCOCCOCCOCCOCCOCCOCCOCCO[Si](C)(C)C. The van der Waals surface area contributed by atoms with E-state index in [9.17, 15) is 0 Å². The standard InChI is InChI=1S/C32H68O13Si/c1-5-6-7-8-33-9-10-34-11-12-35-13-14-36-15-16-37-17-18-38-19-20-39-21-22-40-23-24-41-25-26-42-27-28-43-29-30-44-31-32-45-46(2,3)4/h5-32H2,1-4H3. The van der Waals surface area contributed by atoms with Crippen molar-refractivity contribution in [3.05, 3.63) is 0 Å². The summed E-state index contributed by atoms with van der Waals surface area (Å²) in [5.41, 5.74) is 0. The Morgan fingerprint density at radius 2 is 0.457 bits per heavy atom. The van der Waals surface area contributed by atoms with E-state index < -0.39 is 8.32 Å². The third kappa shape index (κ3) is 43.7. The van der Waals surface area contributed by atoms with Gasteiger partial charge in [0.1, 0.15) is 0 Å². The Labute approximate surface area is 280 Å². The highest BCUT2D eigenvalue weighted by molar-refractivity contribution is 6.69. The van der Waals surface area contributed by atoms with Crippen LogP contribution in [-0.2, 0) is 61.3 Å². The van der Waals surface area contributed by atoms with Crippen LogP contribution in [0.5, 0.6) is 0 Å². The van der Waals surface area contributed by atoms with Gasteiger partial charge in [0.05, 0.1) is 159 Å². The van der Waals surface area contributed by atoms with E-state index in [0.717, 1.165) is 13.0 Å². The summed E-state index contributed by atoms with van der Waals surface area (Å²) in [7, 11) is -1.45. The number of rotatable bonds is 41. The molecule has 46 heavy (non-hydrogen) atoms. The first-order valence-corrected chi connectivity index (χ1v) is 20.5. The maximum Gasteiger partial charge on any atom is 0.183 e. The van der Waals surface area contributed by atoms with Gasteiger partial charge in [0, 0.05) is 6.61 Å². The summed E-state index contributed by atoms with van der Waals surface area (Å²) in [4.78, 5) is 0. The van der Waals surface area contributed by atoms with Crippen LogP contribution >= 0.6 is 0 Å². The molecule has 0 unspecified atom stereocenters. The van der Waals surface area contributed by atoms with Crippen molar-refractivity contribution in [1.29, 1.82) is 0 Å². The highest BCUT2D eigenvalue weighted by Crippen LogP contribution is 2.01. The molecule has 0 aromatic carbocycles. The third-order valence-electron chi connectivity index (χ3n) is 5.75. The molecule has 0 aliphatic carbocycles. The Bertz CT molecular complexity index is 559. The third-order valence-corrected chi connectivity index (χ3v) is 6.82. The zero-order valence-corrected chi connectivity index (χ0v) is 30.6. The fourth-order valence-electron chi connectivity index (χ4n) is 3.38. The van der Waals surface area contributed by atoms with E-state index in [1.807, 2.05) is 0 Å². The van der Waals surface area contributed by atoms with Crippen molar-refractivity contribution in [2.75, 3.05) is 165 Å². The molecular formula is C32H68O13Si. The number of unbranched alkanes of at least 4 members (excludes halogenated alkanes) is 2. The van der Waals surface area contributed by atoms with E-state index in [-0.39, 0.29) is 0 Å². The van der Waals surface area contributed by atoms with Crippen molar-refractivity contribution < 1.29 is 61.3 Å². The van der Waals surface area contributed by atoms with Gasteiger partial charge in [0.25, 0.3) is 0 Å². The lowest BCUT2D eigenvalue weighted by Gasteiger charge is -2.16. The van der Waals surface area contributed by atoms with Gasteiger partial charge < -0.3 is 61.3 Å². The van der Waals surface area contributed by atoms with Gasteiger partial charge in [-0.25, -0.2) is 0 Å². The van der Waals surface area contributed by atoms with Crippen molar-refractivity contribution in [2.45, 2.75) is 45.8 Å². The molecule has 14 heteroatoms. The molecule has 0 aromatic heterocycles. The van der Waals surface area contributed by atoms with E-state index in [1.165, 1.54) is 12.8 Å². The fourth-order valence-corrected chi connectivity index (χ4v) is 4.08. The first kappa shape index (κ1) is 45.7. The lowest BCUT2D eigenvalue weighted by molar-refractivity contribution is -0.0285. The van der Waals surface area contributed by atoms with Crippen LogP contribution in [0.4, 0.5) is 0 Å². The van der Waals surface area contributed by atoms with Crippen LogP contribution in [0.2, 0.25) is 19.6 Å². The molecule has 0 heterocycles.